The summed E-state index contributed by atoms with van der Waals surface area (Å²) in [4.78, 5) is 72.7. The van der Waals surface area contributed by atoms with Crippen molar-refractivity contribution in [3.05, 3.63) is 0 Å². The van der Waals surface area contributed by atoms with Gasteiger partial charge in [0.2, 0.25) is 0 Å². The second-order valence-corrected chi connectivity index (χ2v) is 31.5. The van der Waals surface area contributed by atoms with E-state index in [0.717, 1.165) is 120 Å². The molecule has 0 spiro atoms. The maximum Gasteiger partial charge on any atom is 0.472 e. The summed E-state index contributed by atoms with van der Waals surface area (Å²) >= 11 is 0. The smallest absolute Gasteiger partial charge is 0.462 e. The molecule has 3 N–H and O–H groups in total. The molecule has 5 unspecified atom stereocenters. The van der Waals surface area contributed by atoms with Gasteiger partial charge in [0.1, 0.15) is 19.3 Å². The highest BCUT2D eigenvalue weighted by atomic mass is 31.2. The SMILES string of the molecule is CCC(C)CCCCCCCCCCCCCCCCCCCCC(=O)O[C@H](COC(=O)CCCCCCCCC(C)C)COP(=O)(O)OC[C@@H](O)COP(=O)(O)OC[C@@H](COC(=O)CCCCCCCCC(C)CC)OC(=O)CCCCCCCCCCCCC(C)CC. The summed E-state index contributed by atoms with van der Waals surface area (Å²) in [6, 6.07) is 0. The van der Waals surface area contributed by atoms with Crippen LogP contribution in [0.2, 0.25) is 0 Å². The Labute approximate surface area is 581 Å². The highest BCUT2D eigenvalue weighted by molar-refractivity contribution is 7.47. The Hall–Kier alpha value is -1.94. The molecule has 17 nitrogen and oxygen atoms in total. The summed E-state index contributed by atoms with van der Waals surface area (Å²) in [5.41, 5.74) is 0. The minimum absolute atomic E-state index is 0.105. The Bertz CT molecular complexity index is 1870. The van der Waals surface area contributed by atoms with Crippen molar-refractivity contribution in [3.8, 4) is 0 Å². The fourth-order valence-electron chi connectivity index (χ4n) is 11.5. The average molecular weight is 1400 g/mol. The highest BCUT2D eigenvalue weighted by Gasteiger charge is 2.30. The number of rotatable bonds is 73. The number of esters is 4. The number of carbonyl (C=O) groups is 4. The number of ether oxygens (including phenoxy) is 4. The molecule has 0 aromatic rings. The normalized spacial score (nSPS) is 15.0. The fraction of sp³-hybridized carbons (Fsp3) is 0.947. The van der Waals surface area contributed by atoms with Crippen LogP contribution in [0.25, 0.3) is 0 Å². The number of hydrogen-bond donors (Lipinski definition) is 3. The summed E-state index contributed by atoms with van der Waals surface area (Å²) in [5, 5.41) is 10.6. The second kappa shape index (κ2) is 65.4. The van der Waals surface area contributed by atoms with Gasteiger partial charge in [-0.05, 0) is 49.4 Å². The quantitative estimate of drug-likeness (QED) is 0.0222. The summed E-state index contributed by atoms with van der Waals surface area (Å²) in [6.45, 7) is 14.2. The Morgan fingerprint density at radius 2 is 0.505 bits per heavy atom. The van der Waals surface area contributed by atoms with Gasteiger partial charge in [-0.15, -0.1) is 0 Å². The molecule has 95 heavy (non-hydrogen) atoms. The standard InChI is InChI=1S/C76H148O17P2/c1-9-67(6)53-45-37-28-24-20-18-16-14-12-13-15-17-19-21-26-30-42-50-58-75(80)92-71(62-86-73(78)56-48-40-34-32-36-44-52-66(4)5)64-90-94(82,83)88-60-70(77)61-89-95(84,85)91-65-72(63-87-74(79)57-49-41-35-33-39-47-55-69(8)11-3)93-76(81)59-51-43-31-27-23-22-25-29-38-46-54-68(7)10-2/h66-72,77H,9-65H2,1-8H3,(H,82,83)(H,84,85)/t67?,68?,69?,70-,71-,72-/m1/s1. The lowest BCUT2D eigenvalue weighted by atomic mass is 9.99. The van der Waals surface area contributed by atoms with Gasteiger partial charge < -0.3 is 33.8 Å². The van der Waals surface area contributed by atoms with E-state index < -0.39 is 97.5 Å². The molecule has 0 radical (unpaired) electrons. The minimum atomic E-state index is -4.96. The van der Waals surface area contributed by atoms with Crippen LogP contribution < -0.4 is 0 Å². The van der Waals surface area contributed by atoms with Crippen molar-refractivity contribution < 1.29 is 80.2 Å². The van der Waals surface area contributed by atoms with Gasteiger partial charge in [0.25, 0.3) is 0 Å². The Kier molecular flexibility index (Phi) is 64.0. The molecule has 0 fully saturated rings. The van der Waals surface area contributed by atoms with E-state index in [9.17, 15) is 43.2 Å². The molecule has 0 heterocycles. The van der Waals surface area contributed by atoms with E-state index in [2.05, 4.69) is 55.4 Å². The molecule has 0 saturated heterocycles. The molecule has 0 bridgehead atoms. The largest absolute Gasteiger partial charge is 0.472 e. The summed E-state index contributed by atoms with van der Waals surface area (Å²) in [7, 11) is -9.91. The Balaban J connectivity index is 5.16. The predicted octanol–water partition coefficient (Wildman–Crippen LogP) is 22.0. The fourth-order valence-corrected chi connectivity index (χ4v) is 13.0. The van der Waals surface area contributed by atoms with Gasteiger partial charge in [-0.2, -0.15) is 0 Å². The third-order valence-corrected chi connectivity index (χ3v) is 20.6. The van der Waals surface area contributed by atoms with Crippen LogP contribution in [0.15, 0.2) is 0 Å². The van der Waals surface area contributed by atoms with Gasteiger partial charge >= 0.3 is 39.5 Å². The van der Waals surface area contributed by atoms with Gasteiger partial charge in [0.15, 0.2) is 12.2 Å². The van der Waals surface area contributed by atoms with Crippen LogP contribution in [0.3, 0.4) is 0 Å². The number of aliphatic hydroxyl groups excluding tert-OH is 1. The number of carbonyl (C=O) groups excluding carboxylic acids is 4. The van der Waals surface area contributed by atoms with Crippen LogP contribution in [0.5, 0.6) is 0 Å². The first-order valence-corrected chi connectivity index (χ1v) is 42.3. The first kappa shape index (κ1) is 93.1. The van der Waals surface area contributed by atoms with Crippen molar-refractivity contribution in [1.82, 2.24) is 0 Å². The lowest BCUT2D eigenvalue weighted by molar-refractivity contribution is -0.161. The van der Waals surface area contributed by atoms with Crippen molar-refractivity contribution >= 4 is 39.5 Å². The minimum Gasteiger partial charge on any atom is -0.462 e. The molecule has 19 heteroatoms. The summed E-state index contributed by atoms with van der Waals surface area (Å²) < 4.78 is 68.4. The monoisotopic (exact) mass is 1400 g/mol. The number of hydrogen-bond acceptors (Lipinski definition) is 15. The third-order valence-electron chi connectivity index (χ3n) is 18.7. The third kappa shape index (κ3) is 66.4. The van der Waals surface area contributed by atoms with Crippen molar-refractivity contribution in [3.63, 3.8) is 0 Å². The van der Waals surface area contributed by atoms with E-state index in [-0.39, 0.29) is 25.7 Å². The summed E-state index contributed by atoms with van der Waals surface area (Å²) in [5.74, 6) is 0.958. The van der Waals surface area contributed by atoms with E-state index in [1.807, 2.05) is 0 Å². The molecule has 0 aliphatic rings. The molecule has 564 valence electrons. The molecule has 0 saturated carbocycles. The van der Waals surface area contributed by atoms with E-state index in [4.69, 9.17) is 37.0 Å². The maximum atomic E-state index is 13.1. The van der Waals surface area contributed by atoms with Crippen molar-refractivity contribution in [2.75, 3.05) is 39.6 Å². The van der Waals surface area contributed by atoms with Crippen molar-refractivity contribution in [2.45, 2.75) is 401 Å². The molecule has 0 aromatic carbocycles. The number of aliphatic hydroxyl groups is 1. The molecule has 8 atom stereocenters. The molecule has 0 aromatic heterocycles. The number of phosphoric ester groups is 2. The van der Waals surface area contributed by atoms with Crippen LogP contribution in [0.1, 0.15) is 383 Å². The van der Waals surface area contributed by atoms with E-state index >= 15 is 0 Å². The number of unbranched alkanes of at least 4 members (excludes halogenated alkanes) is 36. The second-order valence-electron chi connectivity index (χ2n) is 28.6. The topological polar surface area (TPSA) is 237 Å². The van der Waals surface area contributed by atoms with Crippen molar-refractivity contribution in [1.29, 1.82) is 0 Å². The van der Waals surface area contributed by atoms with Crippen molar-refractivity contribution in [2.24, 2.45) is 23.7 Å². The maximum absolute atomic E-state index is 13.1. The van der Waals surface area contributed by atoms with Crippen LogP contribution in [0.4, 0.5) is 0 Å². The Morgan fingerprint density at radius 1 is 0.295 bits per heavy atom. The lowest BCUT2D eigenvalue weighted by Crippen LogP contribution is -2.30. The van der Waals surface area contributed by atoms with E-state index in [1.54, 1.807) is 0 Å². The van der Waals surface area contributed by atoms with Crippen LogP contribution >= 0.6 is 15.6 Å². The Morgan fingerprint density at radius 3 is 0.747 bits per heavy atom. The zero-order valence-corrected chi connectivity index (χ0v) is 64.1. The van der Waals surface area contributed by atoms with Gasteiger partial charge in [-0.1, -0.05) is 331 Å². The van der Waals surface area contributed by atoms with Crippen LogP contribution in [-0.2, 0) is 65.4 Å². The predicted molar refractivity (Wildman–Crippen MR) is 386 cm³/mol. The first-order valence-electron chi connectivity index (χ1n) is 39.3. The lowest BCUT2D eigenvalue weighted by Gasteiger charge is -2.21. The van der Waals surface area contributed by atoms with Gasteiger partial charge in [-0.25, -0.2) is 9.13 Å². The molecule has 0 aliphatic carbocycles. The van der Waals surface area contributed by atoms with Gasteiger partial charge in [0, 0.05) is 25.7 Å². The van der Waals surface area contributed by atoms with E-state index in [0.29, 0.717) is 31.6 Å². The van der Waals surface area contributed by atoms with Gasteiger partial charge in [0.05, 0.1) is 26.4 Å². The molecule has 0 aliphatic heterocycles. The zero-order valence-electron chi connectivity index (χ0n) is 62.3. The first-order chi connectivity index (χ1) is 45.7. The zero-order chi connectivity index (χ0) is 70.3. The number of phosphoric acid groups is 2. The van der Waals surface area contributed by atoms with Crippen LogP contribution in [0, 0.1) is 23.7 Å². The molecule has 0 amide bonds. The molecular weight excluding hydrogens is 1250 g/mol. The molecule has 0 rings (SSSR count). The van der Waals surface area contributed by atoms with Crippen LogP contribution in [-0.4, -0.2) is 96.7 Å². The summed E-state index contributed by atoms with van der Waals surface area (Å²) in [6.07, 6.45) is 50.2. The van der Waals surface area contributed by atoms with E-state index in [1.165, 1.54) is 173 Å². The molecular formula is C76H148O17P2. The van der Waals surface area contributed by atoms with Gasteiger partial charge in [-0.3, -0.25) is 37.3 Å². The average Bonchev–Trinajstić information content (AvgIpc) is 1.72. The highest BCUT2D eigenvalue weighted by Crippen LogP contribution is 2.45.